The molecule has 2 aromatic rings. The molecular formula is C16H16Cl2N4O2. The molecule has 0 aliphatic carbocycles. The van der Waals surface area contributed by atoms with E-state index in [1.165, 1.54) is 0 Å². The van der Waals surface area contributed by atoms with Crippen molar-refractivity contribution >= 4 is 34.8 Å². The topological polar surface area (TPSA) is 59.0 Å². The molecule has 6 nitrogen and oxygen atoms in total. The number of pyridine rings is 1. The zero-order valence-corrected chi connectivity index (χ0v) is 14.5. The van der Waals surface area contributed by atoms with Crippen LogP contribution in [0.15, 0.2) is 41.5 Å². The summed E-state index contributed by atoms with van der Waals surface area (Å²) < 4.78 is 5.27. The van der Waals surface area contributed by atoms with Crippen LogP contribution in [0.4, 0.5) is 5.69 Å². The lowest BCUT2D eigenvalue weighted by Gasteiger charge is -2.21. The minimum atomic E-state index is 0.272. The van der Waals surface area contributed by atoms with Crippen LogP contribution in [0.5, 0.6) is 5.75 Å². The van der Waals surface area contributed by atoms with E-state index in [2.05, 4.69) is 15.3 Å². The average molecular weight is 367 g/mol. The van der Waals surface area contributed by atoms with Gasteiger partial charge in [-0.2, -0.15) is 0 Å². The zero-order chi connectivity index (χ0) is 16.9. The smallest absolute Gasteiger partial charge is 0.223 e. The summed E-state index contributed by atoms with van der Waals surface area (Å²) in [4.78, 5) is 14.5. The molecule has 1 aromatic heterocycles. The van der Waals surface area contributed by atoms with Gasteiger partial charge in [0, 0.05) is 11.2 Å². The Hall–Kier alpha value is -2.02. The van der Waals surface area contributed by atoms with Crippen LogP contribution in [0.3, 0.4) is 0 Å². The van der Waals surface area contributed by atoms with Gasteiger partial charge in [0.1, 0.15) is 18.1 Å². The first-order chi connectivity index (χ1) is 11.7. The molecule has 8 heteroatoms. The van der Waals surface area contributed by atoms with Crippen LogP contribution in [0.25, 0.3) is 0 Å². The first kappa shape index (κ1) is 16.8. The van der Waals surface area contributed by atoms with E-state index in [1.807, 2.05) is 12.1 Å². The number of aromatic nitrogens is 1. The fourth-order valence-corrected chi connectivity index (χ4v) is 2.57. The van der Waals surface area contributed by atoms with E-state index >= 15 is 0 Å². The number of ether oxygens (including phenoxy) is 1. The Balaban J connectivity index is 1.66. The number of anilines is 1. The van der Waals surface area contributed by atoms with Crippen LogP contribution in [0.2, 0.25) is 10.0 Å². The maximum atomic E-state index is 6.17. The summed E-state index contributed by atoms with van der Waals surface area (Å²) >= 11 is 12.2. The monoisotopic (exact) mass is 366 g/mol. The molecule has 1 aromatic carbocycles. The van der Waals surface area contributed by atoms with Crippen LogP contribution < -0.4 is 10.1 Å². The first-order valence-electron chi connectivity index (χ1n) is 7.32. The standard InChI is InChI=1S/C16H16Cl2N4O2/c1-23-15-3-2-6-19-14(15)10-24-22-8-7-20-16(22)21-13-9-11(17)4-5-12(13)18/h2-6,9H,7-8,10H2,1H3,(H,20,21). The third-order valence-corrected chi connectivity index (χ3v) is 3.97. The van der Waals surface area contributed by atoms with Gasteiger partial charge in [0.25, 0.3) is 0 Å². The lowest BCUT2D eigenvalue weighted by Crippen LogP contribution is -2.33. The lowest BCUT2D eigenvalue weighted by molar-refractivity contribution is -0.105. The quantitative estimate of drug-likeness (QED) is 0.875. The number of hydrogen-bond donors (Lipinski definition) is 1. The van der Waals surface area contributed by atoms with E-state index in [4.69, 9.17) is 32.8 Å². The minimum absolute atomic E-state index is 0.272. The molecular weight excluding hydrogens is 351 g/mol. The fraction of sp³-hybridized carbons (Fsp3) is 0.250. The summed E-state index contributed by atoms with van der Waals surface area (Å²) in [5.74, 6) is 1.26. The molecule has 1 aliphatic rings. The van der Waals surface area contributed by atoms with Gasteiger partial charge in [-0.25, -0.2) is 10.1 Å². The summed E-state index contributed by atoms with van der Waals surface area (Å²) in [6.45, 7) is 1.53. The summed E-state index contributed by atoms with van der Waals surface area (Å²) in [6, 6.07) is 8.85. The van der Waals surface area contributed by atoms with Crippen molar-refractivity contribution in [2.75, 3.05) is 25.5 Å². The number of aliphatic imine (C=N–C) groups is 1. The third-order valence-electron chi connectivity index (χ3n) is 3.40. The molecule has 24 heavy (non-hydrogen) atoms. The van der Waals surface area contributed by atoms with Gasteiger partial charge >= 0.3 is 0 Å². The minimum Gasteiger partial charge on any atom is -0.495 e. The molecule has 126 valence electrons. The molecule has 0 bridgehead atoms. The van der Waals surface area contributed by atoms with Crippen molar-refractivity contribution in [1.82, 2.24) is 10.0 Å². The number of benzene rings is 1. The number of methoxy groups -OCH3 is 1. The van der Waals surface area contributed by atoms with Crippen molar-refractivity contribution in [3.63, 3.8) is 0 Å². The molecule has 0 fully saturated rings. The zero-order valence-electron chi connectivity index (χ0n) is 13.0. The average Bonchev–Trinajstić information content (AvgIpc) is 3.03. The van der Waals surface area contributed by atoms with Crippen molar-refractivity contribution in [3.05, 3.63) is 52.3 Å². The van der Waals surface area contributed by atoms with Gasteiger partial charge in [0.15, 0.2) is 0 Å². The van der Waals surface area contributed by atoms with Gasteiger partial charge in [-0.1, -0.05) is 23.2 Å². The number of rotatable bonds is 5. The van der Waals surface area contributed by atoms with Crippen LogP contribution in [-0.4, -0.2) is 36.2 Å². The number of halogens is 2. The van der Waals surface area contributed by atoms with Gasteiger partial charge in [-0.05, 0) is 30.3 Å². The summed E-state index contributed by atoms with van der Waals surface area (Å²) in [5.41, 5.74) is 1.39. The summed E-state index contributed by atoms with van der Waals surface area (Å²) in [7, 11) is 1.60. The van der Waals surface area contributed by atoms with E-state index in [9.17, 15) is 0 Å². The van der Waals surface area contributed by atoms with E-state index in [-0.39, 0.29) is 6.61 Å². The van der Waals surface area contributed by atoms with Gasteiger partial charge in [0.05, 0.1) is 30.9 Å². The van der Waals surface area contributed by atoms with E-state index in [0.717, 1.165) is 0 Å². The number of guanidine groups is 1. The van der Waals surface area contributed by atoms with Gasteiger partial charge in [-0.15, -0.1) is 0 Å². The molecule has 0 saturated heterocycles. The number of hydrogen-bond acceptors (Lipinski definition) is 6. The molecule has 0 radical (unpaired) electrons. The van der Waals surface area contributed by atoms with E-state index in [1.54, 1.807) is 36.6 Å². The van der Waals surface area contributed by atoms with Crippen LogP contribution >= 0.6 is 23.2 Å². The Bertz CT molecular complexity index is 755. The predicted octanol–water partition coefficient (Wildman–Crippen LogP) is 3.61. The molecule has 0 saturated carbocycles. The Morgan fingerprint density at radius 2 is 2.17 bits per heavy atom. The van der Waals surface area contributed by atoms with Gasteiger partial charge < -0.3 is 10.1 Å². The molecule has 1 N–H and O–H groups in total. The normalized spacial score (nSPS) is 13.8. The van der Waals surface area contributed by atoms with Crippen molar-refractivity contribution in [3.8, 4) is 5.75 Å². The maximum Gasteiger partial charge on any atom is 0.223 e. The molecule has 3 rings (SSSR count). The highest BCUT2D eigenvalue weighted by Gasteiger charge is 2.20. The number of nitrogens with one attached hydrogen (secondary N) is 1. The molecule has 2 heterocycles. The van der Waals surface area contributed by atoms with Crippen LogP contribution in [0, 0.1) is 0 Å². The second-order valence-corrected chi connectivity index (χ2v) is 5.83. The predicted molar refractivity (Wildman–Crippen MR) is 94.7 cm³/mol. The Kier molecular flexibility index (Phi) is 5.40. The van der Waals surface area contributed by atoms with E-state index in [0.29, 0.717) is 46.2 Å². The summed E-state index contributed by atoms with van der Waals surface area (Å²) in [5, 5.41) is 5.96. The van der Waals surface area contributed by atoms with Crippen molar-refractivity contribution in [1.29, 1.82) is 0 Å². The van der Waals surface area contributed by atoms with Crippen LogP contribution in [0.1, 0.15) is 5.69 Å². The SMILES string of the molecule is COc1cccnc1CON1CCN=C1Nc1cc(Cl)ccc1Cl. The van der Waals surface area contributed by atoms with E-state index < -0.39 is 0 Å². The second kappa shape index (κ2) is 7.70. The van der Waals surface area contributed by atoms with Crippen molar-refractivity contribution in [2.24, 2.45) is 4.99 Å². The number of nitrogens with zero attached hydrogens (tertiary/aromatic N) is 3. The Morgan fingerprint density at radius 3 is 3.00 bits per heavy atom. The molecule has 0 amide bonds. The Morgan fingerprint density at radius 1 is 1.29 bits per heavy atom. The van der Waals surface area contributed by atoms with Crippen LogP contribution in [-0.2, 0) is 11.4 Å². The van der Waals surface area contributed by atoms with Gasteiger partial charge in [0.2, 0.25) is 5.96 Å². The molecule has 0 unspecified atom stereocenters. The molecule has 0 spiro atoms. The van der Waals surface area contributed by atoms with Crippen molar-refractivity contribution < 1.29 is 9.57 Å². The first-order valence-corrected chi connectivity index (χ1v) is 8.08. The third kappa shape index (κ3) is 3.90. The highest BCUT2D eigenvalue weighted by atomic mass is 35.5. The highest BCUT2D eigenvalue weighted by molar-refractivity contribution is 6.35. The highest BCUT2D eigenvalue weighted by Crippen LogP contribution is 2.26. The number of hydroxylamine groups is 2. The largest absolute Gasteiger partial charge is 0.495 e. The second-order valence-electron chi connectivity index (χ2n) is 4.98. The van der Waals surface area contributed by atoms with Gasteiger partial charge in [-0.3, -0.25) is 9.82 Å². The molecule has 1 aliphatic heterocycles. The summed E-state index contributed by atoms with van der Waals surface area (Å²) in [6.07, 6.45) is 1.70. The van der Waals surface area contributed by atoms with Crippen molar-refractivity contribution in [2.45, 2.75) is 6.61 Å². The lowest BCUT2D eigenvalue weighted by atomic mass is 10.3. The molecule has 0 atom stereocenters. The Labute approximate surface area is 150 Å². The fourth-order valence-electron chi connectivity index (χ4n) is 2.23. The maximum absolute atomic E-state index is 6.17.